The molecule has 0 bridgehead atoms. The molecule has 0 fully saturated rings. The van der Waals surface area contributed by atoms with Crippen molar-refractivity contribution < 1.29 is 4.42 Å². The van der Waals surface area contributed by atoms with Gasteiger partial charge in [-0.15, -0.1) is 0 Å². The quantitative estimate of drug-likeness (QED) is 0.165. The average Bonchev–Trinajstić information content (AvgIpc) is 3.51. The molecule has 4 nitrogen and oxygen atoms in total. The first-order chi connectivity index (χ1) is 25.5. The SMILES string of the molecule is CC(C)(C)c1ccc(N2c3ccc(C(C)(C)C)cc3B3c4nc(C(C)(C)C)oc4N(c4cc(C(C)(C)C)cc(C(C)(C)C)c4)c4cc(C(C)(C)C)cc2c43)cc1. The van der Waals surface area contributed by atoms with Gasteiger partial charge in [0.2, 0.25) is 11.8 Å². The van der Waals surface area contributed by atoms with Crippen LogP contribution in [0.3, 0.4) is 0 Å². The Bertz CT molecular complexity index is 2290. The molecule has 294 valence electrons. The van der Waals surface area contributed by atoms with Crippen LogP contribution in [-0.4, -0.2) is 11.7 Å². The smallest absolute Gasteiger partial charge is 0.279 e. The summed E-state index contributed by atoms with van der Waals surface area (Å²) in [7, 11) is 0. The van der Waals surface area contributed by atoms with E-state index in [0.29, 0.717) is 0 Å². The minimum atomic E-state index is -0.288. The first kappa shape index (κ1) is 40.0. The number of anilines is 6. The highest BCUT2D eigenvalue weighted by Gasteiger charge is 2.48. The van der Waals surface area contributed by atoms with E-state index in [-0.39, 0.29) is 39.2 Å². The van der Waals surface area contributed by atoms with Gasteiger partial charge < -0.3 is 9.32 Å². The van der Waals surface area contributed by atoms with Crippen LogP contribution in [0.15, 0.2) is 77.2 Å². The fraction of sp³-hybridized carbons (Fsp3) is 0.471. The molecule has 0 radical (unpaired) electrons. The normalized spacial score (nSPS) is 14.9. The summed E-state index contributed by atoms with van der Waals surface area (Å²) in [6, 6.07) is 28.5. The second kappa shape index (κ2) is 12.6. The molecule has 4 aromatic carbocycles. The van der Waals surface area contributed by atoms with Gasteiger partial charge in [-0.2, -0.15) is 0 Å². The molecule has 0 spiro atoms. The number of nitrogens with zero attached hydrogens (tertiary/aromatic N) is 3. The molecule has 56 heavy (non-hydrogen) atoms. The molecule has 1 aromatic heterocycles. The molecular formula is C51H66BN3O. The van der Waals surface area contributed by atoms with Crippen molar-refractivity contribution in [3.63, 3.8) is 0 Å². The maximum absolute atomic E-state index is 7.14. The molecule has 7 rings (SSSR count). The largest absolute Gasteiger partial charge is 0.424 e. The summed E-state index contributed by atoms with van der Waals surface area (Å²) in [5.41, 5.74) is 15.4. The van der Waals surface area contributed by atoms with Crippen molar-refractivity contribution in [1.29, 1.82) is 0 Å². The van der Waals surface area contributed by atoms with E-state index in [0.717, 1.165) is 34.4 Å². The monoisotopic (exact) mass is 748 g/mol. The number of benzene rings is 4. The van der Waals surface area contributed by atoms with Crippen molar-refractivity contribution in [1.82, 2.24) is 4.98 Å². The zero-order valence-corrected chi connectivity index (χ0v) is 37.8. The lowest BCUT2D eigenvalue weighted by Crippen LogP contribution is -2.62. The third-order valence-electron chi connectivity index (χ3n) is 11.9. The molecule has 0 atom stereocenters. The Labute approximate surface area is 339 Å². The van der Waals surface area contributed by atoms with Crippen LogP contribution >= 0.6 is 0 Å². The van der Waals surface area contributed by atoms with Gasteiger partial charge in [-0.25, -0.2) is 4.98 Å². The van der Waals surface area contributed by atoms with Crippen molar-refractivity contribution in [2.75, 3.05) is 9.80 Å². The third kappa shape index (κ3) is 6.92. The van der Waals surface area contributed by atoms with Gasteiger partial charge in [0.25, 0.3) is 6.71 Å². The van der Waals surface area contributed by atoms with E-state index in [9.17, 15) is 0 Å². The Morgan fingerprint density at radius 3 is 1.38 bits per heavy atom. The van der Waals surface area contributed by atoms with E-state index in [1.165, 1.54) is 50.1 Å². The van der Waals surface area contributed by atoms with Crippen LogP contribution in [0.1, 0.15) is 158 Å². The summed E-state index contributed by atoms with van der Waals surface area (Å²) in [6.07, 6.45) is 0. The lowest BCUT2D eigenvalue weighted by molar-refractivity contribution is 0.397. The molecule has 0 N–H and O–H groups in total. The van der Waals surface area contributed by atoms with Crippen molar-refractivity contribution in [2.45, 2.75) is 157 Å². The first-order valence-corrected chi connectivity index (χ1v) is 20.8. The molecule has 5 aromatic rings. The summed E-state index contributed by atoms with van der Waals surface area (Å²) in [5.74, 6) is 1.58. The maximum atomic E-state index is 7.14. The number of hydrogen-bond acceptors (Lipinski definition) is 4. The summed E-state index contributed by atoms with van der Waals surface area (Å²) in [4.78, 5) is 10.5. The maximum Gasteiger partial charge on any atom is 0.279 e. The van der Waals surface area contributed by atoms with Crippen molar-refractivity contribution >= 4 is 57.6 Å². The van der Waals surface area contributed by atoms with Gasteiger partial charge >= 0.3 is 0 Å². The zero-order chi connectivity index (χ0) is 41.3. The second-order valence-corrected chi connectivity index (χ2v) is 22.8. The van der Waals surface area contributed by atoms with E-state index >= 15 is 0 Å². The molecule has 3 heterocycles. The van der Waals surface area contributed by atoms with Crippen molar-refractivity contribution in [3.8, 4) is 0 Å². The van der Waals surface area contributed by atoms with Crippen LogP contribution in [0.2, 0.25) is 0 Å². The number of oxazole rings is 1. The fourth-order valence-electron chi connectivity index (χ4n) is 8.10. The van der Waals surface area contributed by atoms with E-state index in [4.69, 9.17) is 9.40 Å². The summed E-state index contributed by atoms with van der Waals surface area (Å²) >= 11 is 0. The van der Waals surface area contributed by atoms with Gasteiger partial charge in [-0.3, -0.25) is 4.90 Å². The molecule has 2 aliphatic heterocycles. The number of hydrogen-bond donors (Lipinski definition) is 0. The number of fused-ring (bicyclic) bond motifs is 4. The summed E-state index contributed by atoms with van der Waals surface area (Å²) < 4.78 is 7.14. The van der Waals surface area contributed by atoms with Crippen LogP contribution in [0.4, 0.5) is 34.3 Å². The lowest BCUT2D eigenvalue weighted by Gasteiger charge is -2.43. The molecule has 0 unspecified atom stereocenters. The van der Waals surface area contributed by atoms with E-state index in [1.807, 2.05) is 0 Å². The van der Waals surface area contributed by atoms with Crippen LogP contribution in [0, 0.1) is 0 Å². The average molecular weight is 748 g/mol. The van der Waals surface area contributed by atoms with Crippen LogP contribution in [-0.2, 0) is 32.5 Å². The Hall–Kier alpha value is -4.25. The minimum absolute atomic E-state index is 0.0336. The van der Waals surface area contributed by atoms with Crippen LogP contribution in [0.5, 0.6) is 0 Å². The summed E-state index contributed by atoms with van der Waals surface area (Å²) in [6.45, 7) is 41.2. The molecule has 2 aliphatic rings. The zero-order valence-electron chi connectivity index (χ0n) is 37.8. The predicted molar refractivity (Wildman–Crippen MR) is 243 cm³/mol. The predicted octanol–water partition coefficient (Wildman–Crippen LogP) is 12.5. The van der Waals surface area contributed by atoms with Gasteiger partial charge in [0.05, 0.1) is 5.59 Å². The fourth-order valence-corrected chi connectivity index (χ4v) is 8.10. The van der Waals surface area contributed by atoms with Gasteiger partial charge in [0.1, 0.15) is 0 Å². The molecule has 0 aliphatic carbocycles. The Balaban J connectivity index is 1.65. The highest BCUT2D eigenvalue weighted by Crippen LogP contribution is 2.48. The second-order valence-electron chi connectivity index (χ2n) is 22.8. The first-order valence-electron chi connectivity index (χ1n) is 20.8. The Morgan fingerprint density at radius 1 is 0.429 bits per heavy atom. The van der Waals surface area contributed by atoms with Gasteiger partial charge in [-0.05, 0) is 108 Å². The highest BCUT2D eigenvalue weighted by atomic mass is 16.4. The van der Waals surface area contributed by atoms with Crippen molar-refractivity contribution in [2.24, 2.45) is 0 Å². The van der Waals surface area contributed by atoms with E-state index in [2.05, 4.69) is 207 Å². The van der Waals surface area contributed by atoms with E-state index < -0.39 is 0 Å². The molecular weight excluding hydrogens is 681 g/mol. The Morgan fingerprint density at radius 2 is 0.893 bits per heavy atom. The van der Waals surface area contributed by atoms with Gasteiger partial charge in [0.15, 0.2) is 0 Å². The van der Waals surface area contributed by atoms with Crippen LogP contribution in [0.25, 0.3) is 0 Å². The highest BCUT2D eigenvalue weighted by molar-refractivity contribution is 6.99. The molecule has 0 saturated heterocycles. The lowest BCUT2D eigenvalue weighted by atomic mass is 9.35. The molecule has 0 amide bonds. The summed E-state index contributed by atoms with van der Waals surface area (Å²) in [5, 5.41) is 0. The topological polar surface area (TPSA) is 32.5 Å². The number of rotatable bonds is 2. The van der Waals surface area contributed by atoms with Gasteiger partial charge in [0, 0.05) is 33.9 Å². The van der Waals surface area contributed by atoms with E-state index in [1.54, 1.807) is 0 Å². The van der Waals surface area contributed by atoms with Gasteiger partial charge in [-0.1, -0.05) is 155 Å². The third-order valence-corrected chi connectivity index (χ3v) is 11.9. The standard InChI is InChI=1S/C51H66BN3O/c1-46(2,3)31-19-22-36(23-20-31)54-39-24-21-32(47(4,5)6)28-38(39)52-42-40(54)29-35(50(13,14)15)30-41(42)55(44-43(52)53-45(56-44)51(16,17)18)37-26-33(48(7,8)9)25-34(27-37)49(10,11)12/h19-30H,1-18H3. The number of aromatic nitrogens is 1. The van der Waals surface area contributed by atoms with Crippen molar-refractivity contribution in [3.05, 3.63) is 107 Å². The van der Waals surface area contributed by atoms with Crippen LogP contribution < -0.4 is 26.3 Å². The molecule has 5 heteroatoms. The molecule has 0 saturated carbocycles. The Kier molecular flexibility index (Phi) is 9.01. The minimum Gasteiger partial charge on any atom is -0.424 e.